The van der Waals surface area contributed by atoms with Crippen LogP contribution in [0.3, 0.4) is 0 Å². The Balaban J connectivity index is 1.33. The number of hydrogen-bond acceptors (Lipinski definition) is 7. The van der Waals surface area contributed by atoms with Gasteiger partial charge in [-0.05, 0) is 37.3 Å². The van der Waals surface area contributed by atoms with Gasteiger partial charge in [0.1, 0.15) is 11.3 Å². The zero-order valence-corrected chi connectivity index (χ0v) is 18.8. The topological polar surface area (TPSA) is 41.5 Å². The average Bonchev–Trinajstić information content (AvgIpc) is 3.36. The van der Waals surface area contributed by atoms with Gasteiger partial charge < -0.3 is 14.5 Å². The molecule has 1 aliphatic heterocycles. The maximum absolute atomic E-state index is 6.32. The SMILES string of the molecule is CCOc1ccc2nc(N3CCN(c4nc5c(Cl)ccc(Cl)c5s4)CC3)sc2c1. The molecule has 5 rings (SSSR count). The van der Waals surface area contributed by atoms with Crippen molar-refractivity contribution in [2.45, 2.75) is 6.92 Å². The van der Waals surface area contributed by atoms with Gasteiger partial charge in [-0.1, -0.05) is 45.9 Å². The third-order valence-corrected chi connectivity index (χ3v) is 7.88. The summed E-state index contributed by atoms with van der Waals surface area (Å²) < 4.78 is 7.72. The van der Waals surface area contributed by atoms with Crippen LogP contribution in [0.2, 0.25) is 10.0 Å². The number of ether oxygens (including phenoxy) is 1. The molecule has 0 unspecified atom stereocenters. The number of thiazole rings is 2. The molecule has 150 valence electrons. The van der Waals surface area contributed by atoms with Crippen LogP contribution >= 0.6 is 45.9 Å². The lowest BCUT2D eigenvalue weighted by Crippen LogP contribution is -2.46. The molecule has 1 saturated heterocycles. The van der Waals surface area contributed by atoms with Crippen LogP contribution in [0, 0.1) is 0 Å². The number of rotatable bonds is 4. The van der Waals surface area contributed by atoms with Gasteiger partial charge in [0.05, 0.1) is 31.6 Å². The number of piperazine rings is 1. The molecular weight excluding hydrogens is 447 g/mol. The number of aromatic nitrogens is 2. The first-order chi connectivity index (χ1) is 14.1. The number of halogens is 2. The van der Waals surface area contributed by atoms with Gasteiger partial charge >= 0.3 is 0 Å². The molecule has 0 saturated carbocycles. The second kappa shape index (κ2) is 7.80. The molecule has 0 radical (unpaired) electrons. The summed E-state index contributed by atoms with van der Waals surface area (Å²) in [6.45, 7) is 6.23. The highest BCUT2D eigenvalue weighted by Gasteiger charge is 2.23. The fourth-order valence-corrected chi connectivity index (χ4v) is 6.06. The summed E-state index contributed by atoms with van der Waals surface area (Å²) >= 11 is 15.9. The first-order valence-corrected chi connectivity index (χ1v) is 11.8. The minimum atomic E-state index is 0.645. The minimum absolute atomic E-state index is 0.645. The predicted molar refractivity (Wildman–Crippen MR) is 125 cm³/mol. The molecule has 1 aliphatic rings. The van der Waals surface area contributed by atoms with Gasteiger partial charge in [0.25, 0.3) is 0 Å². The van der Waals surface area contributed by atoms with E-state index in [1.165, 1.54) is 0 Å². The predicted octanol–water partition coefficient (Wildman–Crippen LogP) is 5.94. The second-order valence-corrected chi connectivity index (χ2v) is 9.54. The van der Waals surface area contributed by atoms with E-state index in [2.05, 4.69) is 15.9 Å². The molecule has 0 spiro atoms. The number of benzene rings is 2. The van der Waals surface area contributed by atoms with Crippen molar-refractivity contribution in [1.82, 2.24) is 9.97 Å². The zero-order valence-electron chi connectivity index (χ0n) is 15.7. The summed E-state index contributed by atoms with van der Waals surface area (Å²) in [4.78, 5) is 14.2. The Morgan fingerprint density at radius 1 is 0.931 bits per heavy atom. The van der Waals surface area contributed by atoms with Crippen molar-refractivity contribution in [1.29, 1.82) is 0 Å². The molecule has 0 N–H and O–H groups in total. The van der Waals surface area contributed by atoms with E-state index in [9.17, 15) is 0 Å². The Labute approximate surface area is 186 Å². The maximum Gasteiger partial charge on any atom is 0.186 e. The lowest BCUT2D eigenvalue weighted by molar-refractivity contribution is 0.341. The van der Waals surface area contributed by atoms with E-state index in [1.807, 2.05) is 25.1 Å². The first kappa shape index (κ1) is 19.2. The van der Waals surface area contributed by atoms with Crippen LogP contribution in [0.5, 0.6) is 5.75 Å². The normalized spacial score (nSPS) is 14.9. The number of anilines is 2. The van der Waals surface area contributed by atoms with Gasteiger partial charge in [0, 0.05) is 26.2 Å². The van der Waals surface area contributed by atoms with Crippen molar-refractivity contribution in [3.8, 4) is 5.75 Å². The molecule has 0 atom stereocenters. The Kier molecular flexibility index (Phi) is 5.16. The highest BCUT2D eigenvalue weighted by atomic mass is 35.5. The molecule has 0 aliphatic carbocycles. The van der Waals surface area contributed by atoms with Crippen LogP contribution in [0.4, 0.5) is 10.3 Å². The smallest absolute Gasteiger partial charge is 0.186 e. The van der Waals surface area contributed by atoms with Crippen LogP contribution in [-0.4, -0.2) is 42.8 Å². The number of hydrogen-bond donors (Lipinski definition) is 0. The summed E-state index contributed by atoms with van der Waals surface area (Å²) in [5.41, 5.74) is 1.81. The molecule has 5 nitrogen and oxygen atoms in total. The summed E-state index contributed by atoms with van der Waals surface area (Å²) in [5, 5.41) is 3.38. The van der Waals surface area contributed by atoms with E-state index in [0.29, 0.717) is 16.7 Å². The summed E-state index contributed by atoms with van der Waals surface area (Å²) in [6, 6.07) is 9.72. The van der Waals surface area contributed by atoms with E-state index < -0.39 is 0 Å². The van der Waals surface area contributed by atoms with Crippen LogP contribution < -0.4 is 14.5 Å². The lowest BCUT2D eigenvalue weighted by Gasteiger charge is -2.34. The van der Waals surface area contributed by atoms with Crippen molar-refractivity contribution in [2.24, 2.45) is 0 Å². The summed E-state index contributed by atoms with van der Waals surface area (Å²) in [7, 11) is 0. The summed E-state index contributed by atoms with van der Waals surface area (Å²) in [5.74, 6) is 0.896. The Morgan fingerprint density at radius 3 is 2.31 bits per heavy atom. The van der Waals surface area contributed by atoms with Gasteiger partial charge in [0.2, 0.25) is 0 Å². The largest absolute Gasteiger partial charge is 0.494 e. The quantitative estimate of drug-likeness (QED) is 0.373. The average molecular weight is 465 g/mol. The van der Waals surface area contributed by atoms with E-state index in [0.717, 1.165) is 62.6 Å². The van der Waals surface area contributed by atoms with Crippen LogP contribution in [-0.2, 0) is 0 Å². The first-order valence-electron chi connectivity index (χ1n) is 9.40. The highest BCUT2D eigenvalue weighted by Crippen LogP contribution is 2.38. The van der Waals surface area contributed by atoms with Crippen molar-refractivity contribution in [3.05, 3.63) is 40.4 Å². The minimum Gasteiger partial charge on any atom is -0.494 e. The molecular formula is C20H18Cl2N4OS2. The number of fused-ring (bicyclic) bond motifs is 2. The number of nitrogens with zero attached hydrogens (tertiary/aromatic N) is 4. The lowest BCUT2D eigenvalue weighted by atomic mass is 10.3. The van der Waals surface area contributed by atoms with Crippen LogP contribution in [0.25, 0.3) is 20.4 Å². The van der Waals surface area contributed by atoms with Crippen molar-refractivity contribution in [3.63, 3.8) is 0 Å². The third-order valence-electron chi connectivity index (χ3n) is 4.92. The molecule has 29 heavy (non-hydrogen) atoms. The molecule has 1 fully saturated rings. The van der Waals surface area contributed by atoms with Crippen LogP contribution in [0.1, 0.15) is 6.92 Å². The standard InChI is InChI=1S/C20H18Cl2N4OS2/c1-2-27-12-3-6-15-16(11-12)28-19(23-15)25-7-9-26(10-8-25)20-24-17-13(21)4-5-14(22)18(17)29-20/h3-6,11H,2,7-10H2,1H3. The molecule has 3 heterocycles. The zero-order chi connectivity index (χ0) is 20.0. The second-order valence-electron chi connectivity index (χ2n) is 6.74. The van der Waals surface area contributed by atoms with E-state index >= 15 is 0 Å². The third kappa shape index (κ3) is 3.61. The monoisotopic (exact) mass is 464 g/mol. The fraction of sp³-hybridized carbons (Fsp3) is 0.300. The van der Waals surface area contributed by atoms with Gasteiger partial charge in [-0.15, -0.1) is 0 Å². The van der Waals surface area contributed by atoms with Gasteiger partial charge in [-0.3, -0.25) is 0 Å². The highest BCUT2D eigenvalue weighted by molar-refractivity contribution is 7.23. The maximum atomic E-state index is 6.32. The van der Waals surface area contributed by atoms with Gasteiger partial charge in [-0.25, -0.2) is 9.97 Å². The Morgan fingerprint density at radius 2 is 1.62 bits per heavy atom. The van der Waals surface area contributed by atoms with Crippen molar-refractivity contribution < 1.29 is 4.74 Å². The van der Waals surface area contributed by atoms with Crippen molar-refractivity contribution in [2.75, 3.05) is 42.6 Å². The van der Waals surface area contributed by atoms with Gasteiger partial charge in [0.15, 0.2) is 10.3 Å². The molecule has 4 aromatic rings. The van der Waals surface area contributed by atoms with E-state index in [1.54, 1.807) is 28.7 Å². The summed E-state index contributed by atoms with van der Waals surface area (Å²) in [6.07, 6.45) is 0. The molecule has 9 heteroatoms. The molecule has 0 amide bonds. The van der Waals surface area contributed by atoms with Gasteiger partial charge in [-0.2, -0.15) is 0 Å². The molecule has 2 aromatic carbocycles. The fourth-order valence-electron chi connectivity index (χ4n) is 3.44. The van der Waals surface area contributed by atoms with Crippen molar-refractivity contribution >= 4 is 76.6 Å². The van der Waals surface area contributed by atoms with E-state index in [-0.39, 0.29) is 0 Å². The Hall–Kier alpha value is -1.80. The van der Waals surface area contributed by atoms with Crippen LogP contribution in [0.15, 0.2) is 30.3 Å². The molecule has 0 bridgehead atoms. The molecule has 2 aromatic heterocycles. The van der Waals surface area contributed by atoms with E-state index in [4.69, 9.17) is 37.9 Å². The Bertz CT molecular complexity index is 1150.